The van der Waals surface area contributed by atoms with Gasteiger partial charge in [0, 0.05) is 11.1 Å². The molecular weight excluding hydrogens is 393 g/mol. The van der Waals surface area contributed by atoms with Crippen molar-refractivity contribution in [2.24, 2.45) is 0 Å². The number of ether oxygens (including phenoxy) is 3. The van der Waals surface area contributed by atoms with Crippen LogP contribution in [0.25, 0.3) is 22.6 Å². The molecular formula is C18H21Cl2N3O4. The zero-order chi connectivity index (χ0) is 18.0. The van der Waals surface area contributed by atoms with E-state index in [1.165, 1.54) is 13.5 Å². The van der Waals surface area contributed by atoms with E-state index >= 15 is 0 Å². The molecule has 0 bridgehead atoms. The van der Waals surface area contributed by atoms with Crippen molar-refractivity contribution in [3.05, 3.63) is 36.7 Å². The van der Waals surface area contributed by atoms with Gasteiger partial charge in [-0.05, 0) is 30.3 Å². The average molecular weight is 414 g/mol. The van der Waals surface area contributed by atoms with Gasteiger partial charge in [-0.1, -0.05) is 0 Å². The predicted octanol–water partition coefficient (Wildman–Crippen LogP) is 4.04. The number of nitrogens with zero attached hydrogens (tertiary/aromatic N) is 1. The van der Waals surface area contributed by atoms with E-state index in [1.54, 1.807) is 38.5 Å². The van der Waals surface area contributed by atoms with Gasteiger partial charge in [-0.25, -0.2) is 4.98 Å². The summed E-state index contributed by atoms with van der Waals surface area (Å²) in [4.78, 5) is 4.32. The minimum Gasteiger partial charge on any atom is -0.495 e. The minimum atomic E-state index is 0. The molecule has 1 heterocycles. The van der Waals surface area contributed by atoms with E-state index in [4.69, 9.17) is 30.1 Å². The summed E-state index contributed by atoms with van der Waals surface area (Å²) < 4.78 is 21.4. The normalized spacial score (nSPS) is 9.74. The van der Waals surface area contributed by atoms with Crippen LogP contribution >= 0.6 is 24.8 Å². The first-order chi connectivity index (χ1) is 12.1. The number of anilines is 2. The second-order valence-corrected chi connectivity index (χ2v) is 5.29. The van der Waals surface area contributed by atoms with Gasteiger partial charge in [0.15, 0.2) is 23.7 Å². The fourth-order valence-electron chi connectivity index (χ4n) is 2.66. The molecule has 2 aromatic carbocycles. The molecule has 0 saturated heterocycles. The Morgan fingerprint density at radius 1 is 0.815 bits per heavy atom. The first kappa shape index (κ1) is 22.3. The Hall–Kier alpha value is -2.77. The van der Waals surface area contributed by atoms with E-state index in [9.17, 15) is 0 Å². The molecule has 0 aliphatic heterocycles. The maximum Gasteiger partial charge on any atom is 0.183 e. The molecule has 7 nitrogen and oxygen atoms in total. The van der Waals surface area contributed by atoms with Crippen LogP contribution in [0, 0.1) is 0 Å². The van der Waals surface area contributed by atoms with Crippen molar-refractivity contribution in [1.82, 2.24) is 4.98 Å². The lowest BCUT2D eigenvalue weighted by Crippen LogP contribution is -1.97. The molecule has 0 radical (unpaired) electrons. The van der Waals surface area contributed by atoms with Crippen molar-refractivity contribution >= 4 is 36.2 Å². The third-order valence-electron chi connectivity index (χ3n) is 3.84. The number of benzene rings is 2. The topological polar surface area (TPSA) is 106 Å². The van der Waals surface area contributed by atoms with E-state index in [-0.39, 0.29) is 24.8 Å². The van der Waals surface area contributed by atoms with Gasteiger partial charge in [-0.3, -0.25) is 0 Å². The highest BCUT2D eigenvalue weighted by atomic mass is 35.5. The van der Waals surface area contributed by atoms with E-state index in [0.29, 0.717) is 40.1 Å². The van der Waals surface area contributed by atoms with Crippen LogP contribution in [0.15, 0.2) is 41.1 Å². The van der Waals surface area contributed by atoms with Crippen LogP contribution < -0.4 is 25.7 Å². The number of aromatic nitrogens is 1. The van der Waals surface area contributed by atoms with Gasteiger partial charge >= 0.3 is 0 Å². The van der Waals surface area contributed by atoms with Gasteiger partial charge in [-0.15, -0.1) is 24.8 Å². The third-order valence-corrected chi connectivity index (χ3v) is 3.84. The number of oxazole rings is 1. The average Bonchev–Trinajstić information content (AvgIpc) is 3.10. The Kier molecular flexibility index (Phi) is 7.63. The van der Waals surface area contributed by atoms with Gasteiger partial charge in [0.2, 0.25) is 0 Å². The number of nitrogen functional groups attached to an aromatic ring is 2. The first-order valence-electron chi connectivity index (χ1n) is 7.48. The summed E-state index contributed by atoms with van der Waals surface area (Å²) in [6, 6.07) is 8.95. The van der Waals surface area contributed by atoms with Crippen LogP contribution in [0.3, 0.4) is 0 Å². The second kappa shape index (κ2) is 9.25. The zero-order valence-corrected chi connectivity index (χ0v) is 16.6. The van der Waals surface area contributed by atoms with Crippen LogP contribution in [0.1, 0.15) is 0 Å². The number of hydrogen-bond donors (Lipinski definition) is 2. The van der Waals surface area contributed by atoms with Crippen LogP contribution in [0.2, 0.25) is 0 Å². The molecule has 9 heteroatoms. The predicted molar refractivity (Wildman–Crippen MR) is 110 cm³/mol. The van der Waals surface area contributed by atoms with Crippen LogP contribution in [-0.4, -0.2) is 26.3 Å². The molecule has 3 rings (SSSR count). The minimum absolute atomic E-state index is 0. The summed E-state index contributed by atoms with van der Waals surface area (Å²) in [6.45, 7) is 0. The lowest BCUT2D eigenvalue weighted by Gasteiger charge is -2.12. The highest BCUT2D eigenvalue weighted by Crippen LogP contribution is 2.41. The molecule has 0 spiro atoms. The quantitative estimate of drug-likeness (QED) is 0.607. The van der Waals surface area contributed by atoms with Gasteiger partial charge in [-0.2, -0.15) is 0 Å². The van der Waals surface area contributed by atoms with E-state index < -0.39 is 0 Å². The largest absolute Gasteiger partial charge is 0.495 e. The highest BCUT2D eigenvalue weighted by Gasteiger charge is 2.18. The molecule has 0 saturated carbocycles. The van der Waals surface area contributed by atoms with Crippen molar-refractivity contribution in [3.63, 3.8) is 0 Å². The number of hydrogen-bond acceptors (Lipinski definition) is 7. The maximum absolute atomic E-state index is 6.07. The Balaban J connectivity index is 0.00000182. The summed E-state index contributed by atoms with van der Waals surface area (Å²) in [7, 11) is 4.65. The number of halogens is 2. The Labute approximate surface area is 169 Å². The van der Waals surface area contributed by atoms with Gasteiger partial charge in [0.05, 0.1) is 32.7 Å². The fourth-order valence-corrected chi connectivity index (χ4v) is 2.66. The molecule has 1 aromatic heterocycles. The van der Waals surface area contributed by atoms with E-state index in [1.807, 2.05) is 6.07 Å². The van der Waals surface area contributed by atoms with Crippen molar-refractivity contribution in [2.45, 2.75) is 0 Å². The van der Waals surface area contributed by atoms with E-state index in [0.717, 1.165) is 11.1 Å². The van der Waals surface area contributed by atoms with Crippen molar-refractivity contribution in [3.8, 4) is 39.8 Å². The molecule has 0 fully saturated rings. The molecule has 0 aliphatic carbocycles. The summed E-state index contributed by atoms with van der Waals surface area (Å²) in [5.41, 5.74) is 15.2. The zero-order valence-electron chi connectivity index (χ0n) is 15.0. The standard InChI is InChI=1S/C18H19N3O4.2ClH/c1-22-14-5-4-10(6-12(14)19)17-16(21-9-25-17)11-7-13(20)18(24-3)15(8-11)23-2;;/h4-9H,19-20H2,1-3H3;2*1H. The van der Waals surface area contributed by atoms with E-state index in [2.05, 4.69) is 4.98 Å². The summed E-state index contributed by atoms with van der Waals surface area (Å²) in [5.74, 6) is 2.16. The smallest absolute Gasteiger partial charge is 0.183 e. The van der Waals surface area contributed by atoms with Crippen molar-refractivity contribution < 1.29 is 18.6 Å². The summed E-state index contributed by atoms with van der Waals surface area (Å²) in [5, 5.41) is 0. The van der Waals surface area contributed by atoms with Crippen LogP contribution in [-0.2, 0) is 0 Å². The molecule has 3 aromatic rings. The lowest BCUT2D eigenvalue weighted by molar-refractivity contribution is 0.356. The van der Waals surface area contributed by atoms with Gasteiger partial charge in [0.25, 0.3) is 0 Å². The van der Waals surface area contributed by atoms with Crippen LogP contribution in [0.4, 0.5) is 11.4 Å². The lowest BCUT2D eigenvalue weighted by atomic mass is 10.0. The van der Waals surface area contributed by atoms with Gasteiger partial charge < -0.3 is 30.1 Å². The Morgan fingerprint density at radius 2 is 1.48 bits per heavy atom. The molecule has 0 unspecified atom stereocenters. The Morgan fingerprint density at radius 3 is 2.07 bits per heavy atom. The molecule has 0 amide bonds. The highest BCUT2D eigenvalue weighted by molar-refractivity contribution is 5.85. The van der Waals surface area contributed by atoms with Crippen LogP contribution in [0.5, 0.6) is 17.2 Å². The first-order valence-corrected chi connectivity index (χ1v) is 7.48. The SMILES string of the molecule is COc1ccc(-c2ocnc2-c2cc(N)c(OC)c(OC)c2)cc1N.Cl.Cl. The summed E-state index contributed by atoms with van der Waals surface area (Å²) in [6.07, 6.45) is 1.37. The summed E-state index contributed by atoms with van der Waals surface area (Å²) >= 11 is 0. The maximum atomic E-state index is 6.07. The number of rotatable bonds is 5. The molecule has 146 valence electrons. The molecule has 27 heavy (non-hydrogen) atoms. The third kappa shape index (κ3) is 4.15. The number of nitrogens with two attached hydrogens (primary N) is 2. The molecule has 4 N–H and O–H groups in total. The van der Waals surface area contributed by atoms with Gasteiger partial charge in [0.1, 0.15) is 11.4 Å². The van der Waals surface area contributed by atoms with Crippen molar-refractivity contribution in [2.75, 3.05) is 32.8 Å². The van der Waals surface area contributed by atoms with Crippen molar-refractivity contribution in [1.29, 1.82) is 0 Å². The number of methoxy groups -OCH3 is 3. The second-order valence-electron chi connectivity index (χ2n) is 5.29. The fraction of sp³-hybridized carbons (Fsp3) is 0.167. The molecule has 0 atom stereocenters. The molecule has 0 aliphatic rings. The Bertz CT molecular complexity index is 916. The monoisotopic (exact) mass is 413 g/mol.